The number of urea groups is 1. The molecule has 2 aromatic rings. The molecule has 2 amide bonds. The Morgan fingerprint density at radius 3 is 3.04 bits per heavy atom. The van der Waals surface area contributed by atoms with Crippen molar-refractivity contribution < 1.29 is 9.53 Å². The summed E-state index contributed by atoms with van der Waals surface area (Å²) in [5.74, 6) is 0.789. The first-order valence-corrected chi connectivity index (χ1v) is 7.90. The van der Waals surface area contributed by atoms with Gasteiger partial charge in [0.25, 0.3) is 5.56 Å². The average Bonchev–Trinajstić information content (AvgIpc) is 2.76. The van der Waals surface area contributed by atoms with E-state index in [1.165, 1.54) is 6.07 Å². The van der Waals surface area contributed by atoms with Gasteiger partial charge in [-0.1, -0.05) is 22.0 Å². The third kappa shape index (κ3) is 3.89. The van der Waals surface area contributed by atoms with Crippen LogP contribution in [0, 0.1) is 0 Å². The van der Waals surface area contributed by atoms with Crippen LogP contribution in [0.15, 0.2) is 39.6 Å². The Morgan fingerprint density at radius 2 is 2.26 bits per heavy atom. The molecule has 0 aliphatic carbocycles. The quantitative estimate of drug-likeness (QED) is 0.831. The van der Waals surface area contributed by atoms with Crippen LogP contribution in [0.3, 0.4) is 0 Å². The van der Waals surface area contributed by atoms with Crippen LogP contribution in [0.1, 0.15) is 11.3 Å². The van der Waals surface area contributed by atoms with Gasteiger partial charge in [-0.3, -0.25) is 4.79 Å². The molecule has 2 N–H and O–H groups in total. The minimum absolute atomic E-state index is 0.197. The second-order valence-electron chi connectivity index (χ2n) is 5.09. The Labute approximate surface area is 140 Å². The predicted octanol–water partition coefficient (Wildman–Crippen LogP) is 1.64. The van der Waals surface area contributed by atoms with Crippen molar-refractivity contribution in [2.75, 3.05) is 13.2 Å². The van der Waals surface area contributed by atoms with Crippen LogP contribution in [-0.2, 0) is 13.1 Å². The van der Waals surface area contributed by atoms with E-state index in [4.69, 9.17) is 4.74 Å². The topological polar surface area (TPSA) is 87.3 Å². The highest BCUT2D eigenvalue weighted by Gasteiger charge is 2.19. The zero-order valence-electron chi connectivity index (χ0n) is 12.2. The van der Waals surface area contributed by atoms with Crippen LogP contribution >= 0.6 is 15.9 Å². The lowest BCUT2D eigenvalue weighted by molar-refractivity contribution is 0.187. The molecule has 0 unspecified atom stereocenters. The van der Waals surface area contributed by atoms with Gasteiger partial charge in [-0.2, -0.15) is 5.10 Å². The van der Waals surface area contributed by atoms with E-state index in [-0.39, 0.29) is 18.1 Å². The molecule has 0 fully saturated rings. The van der Waals surface area contributed by atoms with E-state index < -0.39 is 0 Å². The van der Waals surface area contributed by atoms with Gasteiger partial charge in [-0.15, -0.1) is 0 Å². The average molecular weight is 379 g/mol. The lowest BCUT2D eigenvalue weighted by Gasteiger charge is -2.20. The fraction of sp³-hybridized carbons (Fsp3) is 0.267. The third-order valence-corrected chi connectivity index (χ3v) is 3.95. The fourth-order valence-corrected chi connectivity index (χ4v) is 2.61. The normalized spacial score (nSPS) is 13.7. The lowest BCUT2D eigenvalue weighted by atomic mass is 10.2. The molecular formula is C15H15BrN4O3. The molecule has 0 bridgehead atoms. The maximum atomic E-state index is 12.3. The SMILES string of the molecule is O=C(NCc1ccc(=O)[nH]n1)N1CCOc2cc(Br)ccc2C1. The number of aromatic nitrogens is 2. The Hall–Kier alpha value is -2.35. The number of nitrogens with one attached hydrogen (secondary N) is 2. The zero-order valence-corrected chi connectivity index (χ0v) is 13.8. The number of halogens is 1. The molecule has 8 heteroatoms. The minimum Gasteiger partial charge on any atom is -0.491 e. The molecule has 1 aliphatic rings. The highest BCUT2D eigenvalue weighted by atomic mass is 79.9. The molecule has 120 valence electrons. The smallest absolute Gasteiger partial charge is 0.318 e. The van der Waals surface area contributed by atoms with Gasteiger partial charge >= 0.3 is 6.03 Å². The molecule has 1 aromatic heterocycles. The van der Waals surface area contributed by atoms with Gasteiger partial charge in [0, 0.05) is 16.1 Å². The van der Waals surface area contributed by atoms with Gasteiger partial charge in [0.05, 0.1) is 25.3 Å². The van der Waals surface area contributed by atoms with Gasteiger partial charge in [-0.25, -0.2) is 9.89 Å². The van der Waals surface area contributed by atoms with Gasteiger partial charge < -0.3 is 15.0 Å². The number of fused-ring (bicyclic) bond motifs is 1. The van der Waals surface area contributed by atoms with Crippen molar-refractivity contribution in [3.05, 3.63) is 56.4 Å². The summed E-state index contributed by atoms with van der Waals surface area (Å²) in [6, 6.07) is 8.53. The number of H-pyrrole nitrogens is 1. The van der Waals surface area contributed by atoms with E-state index in [1.54, 1.807) is 11.0 Å². The Bertz CT molecular complexity index is 757. The van der Waals surface area contributed by atoms with Crippen molar-refractivity contribution in [1.82, 2.24) is 20.4 Å². The van der Waals surface area contributed by atoms with Crippen molar-refractivity contribution in [2.24, 2.45) is 0 Å². The third-order valence-electron chi connectivity index (χ3n) is 3.45. The summed E-state index contributed by atoms with van der Waals surface area (Å²) in [6.07, 6.45) is 0. The molecule has 0 spiro atoms. The fourth-order valence-electron chi connectivity index (χ4n) is 2.27. The molecule has 7 nitrogen and oxygen atoms in total. The molecule has 1 aliphatic heterocycles. The molecule has 0 saturated heterocycles. The highest BCUT2D eigenvalue weighted by Crippen LogP contribution is 2.26. The van der Waals surface area contributed by atoms with Crippen LogP contribution in [0.4, 0.5) is 4.79 Å². The van der Waals surface area contributed by atoms with E-state index in [1.807, 2.05) is 18.2 Å². The summed E-state index contributed by atoms with van der Waals surface area (Å²) >= 11 is 3.41. The van der Waals surface area contributed by atoms with E-state index in [0.29, 0.717) is 25.4 Å². The lowest BCUT2D eigenvalue weighted by Crippen LogP contribution is -2.40. The van der Waals surface area contributed by atoms with E-state index in [0.717, 1.165) is 15.8 Å². The first-order chi connectivity index (χ1) is 11.1. The number of rotatable bonds is 2. The van der Waals surface area contributed by atoms with E-state index >= 15 is 0 Å². The summed E-state index contributed by atoms with van der Waals surface area (Å²) in [4.78, 5) is 25.0. The number of carbonyl (C=O) groups is 1. The monoisotopic (exact) mass is 378 g/mol. The van der Waals surface area contributed by atoms with Gasteiger partial charge in [0.1, 0.15) is 12.4 Å². The van der Waals surface area contributed by atoms with Crippen molar-refractivity contribution in [3.63, 3.8) is 0 Å². The van der Waals surface area contributed by atoms with Gasteiger partial charge in [0.15, 0.2) is 0 Å². The summed E-state index contributed by atoms with van der Waals surface area (Å²) in [5.41, 5.74) is 1.28. The first kappa shape index (κ1) is 15.5. The number of nitrogens with zero attached hydrogens (tertiary/aromatic N) is 2. The molecule has 3 rings (SSSR count). The maximum absolute atomic E-state index is 12.3. The minimum atomic E-state index is -0.271. The van der Waals surface area contributed by atoms with Crippen molar-refractivity contribution in [3.8, 4) is 5.75 Å². The Morgan fingerprint density at radius 1 is 1.39 bits per heavy atom. The van der Waals surface area contributed by atoms with Crippen LogP contribution in [0.25, 0.3) is 0 Å². The number of hydrogen-bond donors (Lipinski definition) is 2. The standard InChI is InChI=1S/C15H15BrN4O3/c16-11-2-1-10-9-20(5-6-23-13(10)7-11)15(22)17-8-12-3-4-14(21)19-18-12/h1-4,7H,5-6,8-9H2,(H,17,22)(H,19,21). The number of carbonyl (C=O) groups excluding carboxylic acids is 1. The number of amides is 2. The Kier molecular flexibility index (Phi) is 4.61. The molecule has 0 radical (unpaired) electrons. The number of hydrogen-bond acceptors (Lipinski definition) is 4. The van der Waals surface area contributed by atoms with Crippen molar-refractivity contribution in [1.29, 1.82) is 0 Å². The van der Waals surface area contributed by atoms with Crippen molar-refractivity contribution >= 4 is 22.0 Å². The second kappa shape index (κ2) is 6.82. The number of benzene rings is 1. The molecule has 0 atom stereocenters. The molecule has 0 saturated carbocycles. The molecule has 1 aromatic carbocycles. The van der Waals surface area contributed by atoms with E-state index in [9.17, 15) is 9.59 Å². The van der Waals surface area contributed by atoms with Gasteiger partial charge in [-0.05, 0) is 18.2 Å². The van der Waals surface area contributed by atoms with Crippen LogP contribution in [0.2, 0.25) is 0 Å². The number of aromatic amines is 1. The largest absolute Gasteiger partial charge is 0.491 e. The summed E-state index contributed by atoms with van der Waals surface area (Å²) < 4.78 is 6.62. The van der Waals surface area contributed by atoms with Gasteiger partial charge in [0.2, 0.25) is 0 Å². The zero-order chi connectivity index (χ0) is 16.2. The summed E-state index contributed by atoms with van der Waals surface area (Å²) in [7, 11) is 0. The van der Waals surface area contributed by atoms with Crippen molar-refractivity contribution in [2.45, 2.75) is 13.1 Å². The summed E-state index contributed by atoms with van der Waals surface area (Å²) in [6.45, 7) is 1.67. The Balaban J connectivity index is 1.64. The molecule has 2 heterocycles. The van der Waals surface area contributed by atoms with E-state index in [2.05, 4.69) is 31.4 Å². The predicted molar refractivity (Wildman–Crippen MR) is 87.1 cm³/mol. The maximum Gasteiger partial charge on any atom is 0.318 e. The molecular weight excluding hydrogens is 364 g/mol. The highest BCUT2D eigenvalue weighted by molar-refractivity contribution is 9.10. The summed E-state index contributed by atoms with van der Waals surface area (Å²) in [5, 5.41) is 8.99. The number of ether oxygens (including phenoxy) is 1. The first-order valence-electron chi connectivity index (χ1n) is 7.10. The van der Waals surface area contributed by atoms with Crippen LogP contribution < -0.4 is 15.6 Å². The second-order valence-corrected chi connectivity index (χ2v) is 6.01. The van der Waals surface area contributed by atoms with Crippen LogP contribution in [0.5, 0.6) is 5.75 Å². The molecule has 23 heavy (non-hydrogen) atoms. The van der Waals surface area contributed by atoms with Crippen LogP contribution in [-0.4, -0.2) is 34.3 Å².